The summed E-state index contributed by atoms with van der Waals surface area (Å²) in [6.45, 7) is 2.73. The number of alkyl halides is 1. The summed E-state index contributed by atoms with van der Waals surface area (Å²) in [5.74, 6) is -1.23. The maximum absolute atomic E-state index is 16.4. The van der Waals surface area contributed by atoms with Crippen LogP contribution in [-0.2, 0) is 0 Å². The number of nitrogen functional groups attached to an aromatic ring is 1. The molecule has 41 heavy (non-hydrogen) atoms. The third kappa shape index (κ3) is 4.32. The van der Waals surface area contributed by atoms with Gasteiger partial charge in [-0.1, -0.05) is 0 Å². The smallest absolute Gasteiger partial charge is 0.320 e. The lowest BCUT2D eigenvalue weighted by Gasteiger charge is -2.30. The number of anilines is 1. The highest BCUT2D eigenvalue weighted by atomic mass is 32.1. The molecule has 0 spiro atoms. The number of rotatable bonds is 6. The largest absolute Gasteiger partial charge is 0.472 e. The number of ether oxygens (including phenoxy) is 2. The predicted octanol–water partition coefficient (Wildman–Crippen LogP) is 4.33. The summed E-state index contributed by atoms with van der Waals surface area (Å²) in [4.78, 5) is 15.4. The van der Waals surface area contributed by atoms with Gasteiger partial charge in [-0.15, -0.1) is 11.3 Å². The second kappa shape index (κ2) is 9.97. The van der Waals surface area contributed by atoms with Crippen molar-refractivity contribution in [1.82, 2.24) is 25.2 Å². The number of aromatic nitrogens is 3. The van der Waals surface area contributed by atoms with E-state index in [1.165, 1.54) is 18.3 Å². The van der Waals surface area contributed by atoms with Crippen LogP contribution in [-0.4, -0.2) is 70.5 Å². The molecule has 1 aromatic carbocycles. The first-order valence-electron chi connectivity index (χ1n) is 13.5. The monoisotopic (exact) mass is 581 g/mol. The zero-order valence-corrected chi connectivity index (χ0v) is 22.7. The van der Waals surface area contributed by atoms with E-state index in [4.69, 9.17) is 15.2 Å². The minimum Gasteiger partial charge on any atom is -0.472 e. The van der Waals surface area contributed by atoms with Crippen molar-refractivity contribution < 1.29 is 22.6 Å². The summed E-state index contributed by atoms with van der Waals surface area (Å²) in [7, 11) is 0. The topological polar surface area (TPSA) is 122 Å². The van der Waals surface area contributed by atoms with Crippen LogP contribution in [0.2, 0.25) is 0 Å². The van der Waals surface area contributed by atoms with Gasteiger partial charge in [0.05, 0.1) is 21.2 Å². The quantitative estimate of drug-likeness (QED) is 0.343. The Morgan fingerprint density at radius 3 is 2.98 bits per heavy atom. The van der Waals surface area contributed by atoms with E-state index in [9.17, 15) is 14.0 Å². The minimum absolute atomic E-state index is 0.0633. The number of hydrogen-bond acceptors (Lipinski definition) is 10. The lowest BCUT2D eigenvalue weighted by atomic mass is 9.95. The number of benzene rings is 1. The molecule has 212 valence electrons. The number of thiophene rings is 1. The number of fused-ring (bicyclic) bond motifs is 3. The van der Waals surface area contributed by atoms with Crippen LogP contribution in [0.4, 0.5) is 18.2 Å². The number of pyridine rings is 1. The van der Waals surface area contributed by atoms with E-state index in [0.717, 1.165) is 43.7 Å². The molecule has 0 aliphatic carbocycles. The molecule has 4 aromatic rings. The first kappa shape index (κ1) is 26.2. The first-order valence-corrected chi connectivity index (χ1v) is 14.3. The van der Waals surface area contributed by atoms with Crippen LogP contribution in [0.25, 0.3) is 32.2 Å². The molecule has 0 unspecified atom stereocenters. The zero-order valence-electron chi connectivity index (χ0n) is 21.9. The Labute approximate surface area is 237 Å². The highest BCUT2D eigenvalue weighted by Crippen LogP contribution is 2.43. The second-order valence-electron chi connectivity index (χ2n) is 10.8. The van der Waals surface area contributed by atoms with Crippen molar-refractivity contribution in [1.29, 1.82) is 5.26 Å². The standard InChI is InChI=1S/C28H26F3N7O2S/c29-14-8-28(5-1-7-38(28)12-14)13-39-27-36-23-18(26(37-27)40-15-4-6-34-10-15)11-35-22(21(23)31)16-2-3-19(30)24-20(16)17(9-32)25(33)41-24/h2-3,11,14-15,34H,1,4-8,10,12-13,33H2/t14-,15-,28+/m1/s1. The molecule has 3 fully saturated rings. The molecule has 0 radical (unpaired) electrons. The molecule has 3 atom stereocenters. The van der Waals surface area contributed by atoms with Crippen molar-refractivity contribution in [2.24, 2.45) is 0 Å². The van der Waals surface area contributed by atoms with Gasteiger partial charge in [-0.05, 0) is 44.5 Å². The molecule has 0 bridgehead atoms. The maximum Gasteiger partial charge on any atom is 0.320 e. The Bertz CT molecular complexity index is 1720. The molecule has 0 saturated carbocycles. The van der Waals surface area contributed by atoms with Crippen molar-refractivity contribution in [2.75, 3.05) is 38.5 Å². The summed E-state index contributed by atoms with van der Waals surface area (Å²) in [5.41, 5.74) is 5.62. The third-order valence-electron chi connectivity index (χ3n) is 8.34. The lowest BCUT2D eigenvalue weighted by Crippen LogP contribution is -2.43. The van der Waals surface area contributed by atoms with E-state index in [-0.39, 0.29) is 67.4 Å². The number of nitrogens with one attached hydrogen (secondary N) is 1. The fourth-order valence-corrected chi connectivity index (χ4v) is 7.33. The van der Waals surface area contributed by atoms with Gasteiger partial charge in [0.2, 0.25) is 5.88 Å². The Kier molecular flexibility index (Phi) is 6.37. The molecule has 6 heterocycles. The fraction of sp³-hybridized carbons (Fsp3) is 0.429. The second-order valence-corrected chi connectivity index (χ2v) is 11.9. The molecule has 3 aliphatic heterocycles. The van der Waals surface area contributed by atoms with Crippen LogP contribution in [0.3, 0.4) is 0 Å². The van der Waals surface area contributed by atoms with Gasteiger partial charge in [-0.3, -0.25) is 9.88 Å². The Morgan fingerprint density at radius 2 is 2.17 bits per heavy atom. The van der Waals surface area contributed by atoms with Crippen LogP contribution in [0.1, 0.15) is 31.2 Å². The van der Waals surface area contributed by atoms with E-state index >= 15 is 4.39 Å². The highest BCUT2D eigenvalue weighted by Gasteiger charge is 2.49. The van der Waals surface area contributed by atoms with E-state index in [1.807, 2.05) is 6.07 Å². The minimum atomic E-state index is -0.923. The molecule has 3 N–H and O–H groups in total. The number of nitrogens with zero attached hydrogens (tertiary/aromatic N) is 5. The van der Waals surface area contributed by atoms with Crippen molar-refractivity contribution >= 4 is 37.3 Å². The normalized spacial score (nSPS) is 24.2. The van der Waals surface area contributed by atoms with Gasteiger partial charge < -0.3 is 20.5 Å². The van der Waals surface area contributed by atoms with Crippen LogP contribution in [0.5, 0.6) is 11.9 Å². The number of nitriles is 1. The summed E-state index contributed by atoms with van der Waals surface area (Å²) >= 11 is 0.924. The Balaban J connectivity index is 1.34. The van der Waals surface area contributed by atoms with Gasteiger partial charge in [-0.25, -0.2) is 13.2 Å². The van der Waals surface area contributed by atoms with Crippen molar-refractivity contribution in [3.05, 3.63) is 35.5 Å². The molecule has 3 saturated heterocycles. The highest BCUT2D eigenvalue weighted by molar-refractivity contribution is 7.23. The van der Waals surface area contributed by atoms with Crippen molar-refractivity contribution in [3.63, 3.8) is 0 Å². The van der Waals surface area contributed by atoms with Crippen molar-refractivity contribution in [3.8, 4) is 29.2 Å². The van der Waals surface area contributed by atoms with E-state index in [0.29, 0.717) is 19.5 Å². The lowest BCUT2D eigenvalue weighted by molar-refractivity contribution is 0.106. The van der Waals surface area contributed by atoms with Crippen molar-refractivity contribution in [2.45, 2.75) is 43.5 Å². The third-order valence-corrected chi connectivity index (χ3v) is 9.37. The van der Waals surface area contributed by atoms with E-state index < -0.39 is 23.3 Å². The van der Waals surface area contributed by atoms with E-state index in [1.54, 1.807) is 0 Å². The number of halogens is 3. The van der Waals surface area contributed by atoms with Gasteiger partial charge in [0, 0.05) is 36.7 Å². The van der Waals surface area contributed by atoms with Crippen LogP contribution >= 0.6 is 11.3 Å². The molecule has 3 aromatic heterocycles. The van der Waals surface area contributed by atoms with Gasteiger partial charge >= 0.3 is 6.01 Å². The van der Waals surface area contributed by atoms with Gasteiger partial charge in [0.15, 0.2) is 5.82 Å². The number of hydrogen-bond donors (Lipinski definition) is 2. The molecular formula is C28H26F3N7O2S. The molecule has 3 aliphatic rings. The predicted molar refractivity (Wildman–Crippen MR) is 148 cm³/mol. The molecular weight excluding hydrogens is 555 g/mol. The van der Waals surface area contributed by atoms with Gasteiger partial charge in [-0.2, -0.15) is 15.2 Å². The molecule has 7 rings (SSSR count). The fourth-order valence-electron chi connectivity index (χ4n) is 6.38. The van der Waals surface area contributed by atoms with Gasteiger partial charge in [0.1, 0.15) is 47.0 Å². The first-order chi connectivity index (χ1) is 19.9. The average molecular weight is 582 g/mol. The Morgan fingerprint density at radius 1 is 1.29 bits per heavy atom. The van der Waals surface area contributed by atoms with Crippen LogP contribution < -0.4 is 20.5 Å². The zero-order chi connectivity index (χ0) is 28.3. The summed E-state index contributed by atoms with van der Waals surface area (Å²) in [5, 5.41) is 13.5. The molecule has 0 amide bonds. The summed E-state index contributed by atoms with van der Waals surface area (Å²) in [6, 6.07) is 4.49. The maximum atomic E-state index is 16.4. The molecule has 13 heteroatoms. The summed E-state index contributed by atoms with van der Waals surface area (Å²) < 4.78 is 57.7. The van der Waals surface area contributed by atoms with E-state index in [2.05, 4.69) is 25.2 Å². The molecule has 9 nitrogen and oxygen atoms in total. The number of nitrogens with two attached hydrogens (primary N) is 1. The van der Waals surface area contributed by atoms with Crippen LogP contribution in [0.15, 0.2) is 18.3 Å². The average Bonchev–Trinajstić information content (AvgIpc) is 3.73. The summed E-state index contributed by atoms with van der Waals surface area (Å²) in [6.07, 6.45) is 3.17. The van der Waals surface area contributed by atoms with Gasteiger partial charge in [0.25, 0.3) is 0 Å². The van der Waals surface area contributed by atoms with Crippen LogP contribution in [0, 0.1) is 23.0 Å². The Hall–Kier alpha value is -3.73. The SMILES string of the molecule is N#Cc1c(N)sc2c(F)ccc(-c3ncc4c(O[C@@H]5CCNC5)nc(OC[C@@]56CCCN5C[C@H](F)C6)nc4c3F)c12.